The molecule has 4 N–H and O–H groups in total. The molecular weight excluding hydrogens is 291 g/mol. The highest BCUT2D eigenvalue weighted by Gasteiger charge is 1.93. The molecule has 0 radical (unpaired) electrons. The maximum Gasteiger partial charge on any atom is 0.186 e. The number of rotatable bonds is 2. The van der Waals surface area contributed by atoms with Crippen LogP contribution in [0.3, 0.4) is 0 Å². The zero-order valence-electron chi connectivity index (χ0n) is 7.47. The predicted molar refractivity (Wildman–Crippen MR) is 66.1 cm³/mol. The van der Waals surface area contributed by atoms with Crippen LogP contribution < -0.4 is 11.5 Å². The second-order valence-electron chi connectivity index (χ2n) is 2.55. The van der Waals surface area contributed by atoms with Crippen LogP contribution in [0.5, 0.6) is 0 Å². The van der Waals surface area contributed by atoms with Gasteiger partial charge < -0.3 is 11.5 Å². The Kier molecular flexibility index (Phi) is 5.64. The van der Waals surface area contributed by atoms with Crippen molar-refractivity contribution in [2.75, 3.05) is 0 Å². The molecule has 0 saturated carbocycles. The van der Waals surface area contributed by atoms with Gasteiger partial charge in [-0.3, -0.25) is 0 Å². The van der Waals surface area contributed by atoms with Gasteiger partial charge in [0.15, 0.2) is 5.96 Å². The van der Waals surface area contributed by atoms with Gasteiger partial charge in [-0.25, -0.2) is 4.99 Å². The Morgan fingerprint density at radius 3 is 2.71 bits per heavy atom. The molecule has 0 aromatic heterocycles. The van der Waals surface area contributed by atoms with E-state index in [2.05, 4.69) is 4.99 Å². The van der Waals surface area contributed by atoms with Crippen LogP contribution in [0.2, 0.25) is 0 Å². The molecule has 4 nitrogen and oxygen atoms in total. The molecule has 0 heterocycles. The Hall–Kier alpha value is -1.29. The fourth-order valence-corrected chi connectivity index (χ4v) is 0.922. The Bertz CT molecular complexity index is 363. The average Bonchev–Trinajstić information content (AvgIpc) is 2.15. The minimum Gasteiger partial charge on any atom is -0.370 e. The summed E-state index contributed by atoms with van der Waals surface area (Å²) < 4.78 is 0. The first-order chi connectivity index (χ1) is 6.22. The number of hydrogen-bond donors (Lipinski definition) is 2. The number of nitrogens with zero attached hydrogens (tertiary/aromatic N) is 2. The van der Waals surface area contributed by atoms with Crippen molar-refractivity contribution in [2.45, 2.75) is 6.54 Å². The van der Waals surface area contributed by atoms with E-state index in [1.165, 1.54) is 0 Å². The molecule has 74 valence electrons. The molecule has 1 rings (SSSR count). The van der Waals surface area contributed by atoms with E-state index in [1.807, 2.05) is 12.1 Å². The normalized spacial score (nSPS) is 8.21. The van der Waals surface area contributed by atoms with Crippen LogP contribution in [0.25, 0.3) is 0 Å². The molecule has 0 aliphatic heterocycles. The molecule has 1 aromatic carbocycles. The SMILES string of the molecule is I.N#Cc1cccc(CN=C(N)N)c1. The minimum absolute atomic E-state index is 0. The molecule has 0 saturated heterocycles. The molecule has 14 heavy (non-hydrogen) atoms. The van der Waals surface area contributed by atoms with E-state index in [0.29, 0.717) is 12.1 Å². The van der Waals surface area contributed by atoms with Crippen molar-refractivity contribution in [1.82, 2.24) is 0 Å². The van der Waals surface area contributed by atoms with Gasteiger partial charge in [-0.1, -0.05) is 12.1 Å². The first-order valence-electron chi connectivity index (χ1n) is 3.77. The summed E-state index contributed by atoms with van der Waals surface area (Å²) in [5.41, 5.74) is 11.9. The standard InChI is InChI=1S/C9H10N4.HI/c10-5-7-2-1-3-8(4-7)6-13-9(11)12;/h1-4H,6H2,(H4,11,12,13);1H. The van der Waals surface area contributed by atoms with E-state index >= 15 is 0 Å². The van der Waals surface area contributed by atoms with Crippen molar-refractivity contribution in [1.29, 1.82) is 5.26 Å². The summed E-state index contributed by atoms with van der Waals surface area (Å²) in [5.74, 6) is 0.0577. The molecule has 5 heteroatoms. The molecule has 0 spiro atoms. The van der Waals surface area contributed by atoms with Crippen LogP contribution in [-0.4, -0.2) is 5.96 Å². The van der Waals surface area contributed by atoms with E-state index in [-0.39, 0.29) is 29.9 Å². The van der Waals surface area contributed by atoms with Crippen LogP contribution >= 0.6 is 24.0 Å². The summed E-state index contributed by atoms with van der Waals surface area (Å²) in [4.78, 5) is 3.83. The third kappa shape index (κ3) is 4.09. The molecule has 0 fully saturated rings. The molecule has 0 aliphatic rings. The van der Waals surface area contributed by atoms with Crippen LogP contribution in [0, 0.1) is 11.3 Å². The summed E-state index contributed by atoms with van der Waals surface area (Å²) in [5, 5.41) is 8.60. The lowest BCUT2D eigenvalue weighted by molar-refractivity contribution is 1.05. The number of halogens is 1. The van der Waals surface area contributed by atoms with Crippen molar-refractivity contribution >= 4 is 29.9 Å². The zero-order valence-corrected chi connectivity index (χ0v) is 9.80. The summed E-state index contributed by atoms with van der Waals surface area (Å²) >= 11 is 0. The van der Waals surface area contributed by atoms with E-state index in [4.69, 9.17) is 16.7 Å². The lowest BCUT2D eigenvalue weighted by Crippen LogP contribution is -2.22. The molecule has 0 unspecified atom stereocenters. The van der Waals surface area contributed by atoms with Crippen LogP contribution in [0.4, 0.5) is 0 Å². The van der Waals surface area contributed by atoms with Crippen molar-refractivity contribution in [3.05, 3.63) is 35.4 Å². The summed E-state index contributed by atoms with van der Waals surface area (Å²) in [6.45, 7) is 0.415. The number of aliphatic imine (C=N–C) groups is 1. The van der Waals surface area contributed by atoms with Gasteiger partial charge in [-0.05, 0) is 17.7 Å². The van der Waals surface area contributed by atoms with Crippen molar-refractivity contribution in [2.24, 2.45) is 16.5 Å². The lowest BCUT2D eigenvalue weighted by Gasteiger charge is -1.96. The van der Waals surface area contributed by atoms with E-state index in [1.54, 1.807) is 18.2 Å². The topological polar surface area (TPSA) is 88.2 Å². The van der Waals surface area contributed by atoms with Gasteiger partial charge in [0.2, 0.25) is 0 Å². The van der Waals surface area contributed by atoms with Crippen LogP contribution in [-0.2, 0) is 6.54 Å². The number of nitriles is 1. The first kappa shape index (κ1) is 12.7. The molecule has 0 amide bonds. The second kappa shape index (κ2) is 6.21. The Balaban J connectivity index is 0.00000169. The molecule has 0 atom stereocenters. The van der Waals surface area contributed by atoms with E-state index < -0.39 is 0 Å². The van der Waals surface area contributed by atoms with Crippen LogP contribution in [0.1, 0.15) is 11.1 Å². The van der Waals surface area contributed by atoms with Gasteiger partial charge in [-0.2, -0.15) is 5.26 Å². The van der Waals surface area contributed by atoms with Gasteiger partial charge >= 0.3 is 0 Å². The zero-order chi connectivity index (χ0) is 9.68. The second-order valence-corrected chi connectivity index (χ2v) is 2.55. The summed E-state index contributed by atoms with van der Waals surface area (Å²) in [6, 6.07) is 9.21. The van der Waals surface area contributed by atoms with Gasteiger partial charge in [-0.15, -0.1) is 24.0 Å². The van der Waals surface area contributed by atoms with Crippen molar-refractivity contribution in [3.8, 4) is 6.07 Å². The smallest absolute Gasteiger partial charge is 0.186 e. The molecule has 0 aliphatic carbocycles. The van der Waals surface area contributed by atoms with Gasteiger partial charge in [0.1, 0.15) is 0 Å². The lowest BCUT2D eigenvalue weighted by atomic mass is 10.1. The van der Waals surface area contributed by atoms with Gasteiger partial charge in [0.05, 0.1) is 18.2 Å². The highest BCUT2D eigenvalue weighted by Crippen LogP contribution is 2.04. The molecule has 1 aromatic rings. The Morgan fingerprint density at radius 2 is 2.14 bits per heavy atom. The number of benzene rings is 1. The maximum absolute atomic E-state index is 8.60. The monoisotopic (exact) mass is 302 g/mol. The highest BCUT2D eigenvalue weighted by molar-refractivity contribution is 14.0. The van der Waals surface area contributed by atoms with Gasteiger partial charge in [0, 0.05) is 0 Å². The third-order valence-electron chi connectivity index (χ3n) is 1.50. The fourth-order valence-electron chi connectivity index (χ4n) is 0.922. The Morgan fingerprint density at radius 1 is 1.43 bits per heavy atom. The number of guanidine groups is 1. The minimum atomic E-state index is 0. The van der Waals surface area contributed by atoms with Crippen LogP contribution in [0.15, 0.2) is 29.3 Å². The largest absolute Gasteiger partial charge is 0.370 e. The first-order valence-corrected chi connectivity index (χ1v) is 3.77. The van der Waals surface area contributed by atoms with Gasteiger partial charge in [0.25, 0.3) is 0 Å². The maximum atomic E-state index is 8.60. The Labute approximate surface area is 99.6 Å². The van der Waals surface area contributed by atoms with E-state index in [0.717, 1.165) is 5.56 Å². The van der Waals surface area contributed by atoms with E-state index in [9.17, 15) is 0 Å². The number of hydrogen-bond acceptors (Lipinski definition) is 2. The quantitative estimate of drug-likeness (QED) is 0.484. The van der Waals surface area contributed by atoms with Crippen molar-refractivity contribution < 1.29 is 0 Å². The number of nitrogens with two attached hydrogens (primary N) is 2. The molecule has 0 bridgehead atoms. The predicted octanol–water partition coefficient (Wildman–Crippen LogP) is 0.950. The summed E-state index contributed by atoms with van der Waals surface area (Å²) in [7, 11) is 0. The highest BCUT2D eigenvalue weighted by atomic mass is 127. The molecular formula is C9H11IN4. The summed E-state index contributed by atoms with van der Waals surface area (Å²) in [6.07, 6.45) is 0. The van der Waals surface area contributed by atoms with Crippen molar-refractivity contribution in [3.63, 3.8) is 0 Å². The average molecular weight is 302 g/mol. The third-order valence-corrected chi connectivity index (χ3v) is 1.50. The fraction of sp³-hybridized carbons (Fsp3) is 0.111.